The van der Waals surface area contributed by atoms with Crippen molar-refractivity contribution < 1.29 is 4.74 Å². The smallest absolute Gasteiger partial charge is 0.337 e. The van der Waals surface area contributed by atoms with Gasteiger partial charge in [0.1, 0.15) is 11.5 Å². The molecule has 3 aliphatic heterocycles. The van der Waals surface area contributed by atoms with E-state index < -0.39 is 0 Å². The minimum absolute atomic E-state index is 0.0884. The van der Waals surface area contributed by atoms with Gasteiger partial charge in [0.05, 0.1) is 0 Å². The van der Waals surface area contributed by atoms with Crippen LogP contribution >= 0.6 is 11.3 Å². The number of nitrogens with zero attached hydrogens (tertiary/aromatic N) is 1. The quantitative estimate of drug-likeness (QED) is 0.199. The number of ether oxygens (including phenoxy) is 1. The van der Waals surface area contributed by atoms with Crippen LogP contribution in [0.5, 0.6) is 11.5 Å². The third-order valence-corrected chi connectivity index (χ3v) is 10.1. The number of fused-ring (bicyclic) bond motifs is 9. The van der Waals surface area contributed by atoms with E-state index in [4.69, 9.17) is 4.74 Å². The molecule has 4 heterocycles. The number of anilines is 2. The molecule has 184 valence electrons. The van der Waals surface area contributed by atoms with Crippen molar-refractivity contribution in [3.05, 3.63) is 121 Å². The average Bonchev–Trinajstić information content (AvgIpc) is 3.40. The maximum Gasteiger partial charge on any atom is 0.337 e. The Hall–Kier alpha value is -4.80. The molecule has 7 aromatic rings. The molecule has 0 amide bonds. The molecule has 3 aliphatic rings. The lowest BCUT2D eigenvalue weighted by Crippen LogP contribution is -2.61. The van der Waals surface area contributed by atoms with Crippen LogP contribution in [0.2, 0.25) is 0 Å². The van der Waals surface area contributed by atoms with Crippen molar-refractivity contribution in [1.82, 2.24) is 0 Å². The van der Waals surface area contributed by atoms with Gasteiger partial charge < -0.3 is 9.55 Å². The van der Waals surface area contributed by atoms with Crippen LogP contribution < -0.4 is 20.5 Å². The molecular formula is C36H20BNOS. The SMILES string of the molecule is c1ccc2c(c1)-c1cccc3c1B1c4c(cccc4-c4cc(-c5cccc6c5sc5ccccc56)ccc4N12)O3. The van der Waals surface area contributed by atoms with Gasteiger partial charge in [0.25, 0.3) is 0 Å². The standard InChI is InChI=1S/C36H20BNOS/c1-3-14-29-23(8-1)25-11-6-15-31-34(25)37-35-26(12-7-16-32(35)39-31)28-20-21(18-19-30(28)38(29)37)22-10-5-13-27-24-9-2-4-17-33(24)40-36(22)27/h1-20H. The summed E-state index contributed by atoms with van der Waals surface area (Å²) in [5, 5.41) is 2.66. The Balaban J connectivity index is 1.27. The van der Waals surface area contributed by atoms with E-state index in [1.807, 2.05) is 11.3 Å². The van der Waals surface area contributed by atoms with E-state index in [0.29, 0.717) is 0 Å². The topological polar surface area (TPSA) is 12.5 Å². The summed E-state index contributed by atoms with van der Waals surface area (Å²) in [5.74, 6) is 1.92. The Morgan fingerprint density at radius 1 is 0.525 bits per heavy atom. The fourth-order valence-corrected chi connectivity index (χ4v) is 8.48. The fourth-order valence-electron chi connectivity index (χ4n) is 7.24. The van der Waals surface area contributed by atoms with Crippen LogP contribution in [0.25, 0.3) is 53.6 Å². The second kappa shape index (κ2) is 7.44. The Kier molecular flexibility index (Phi) is 3.92. The molecule has 0 N–H and O–H groups in total. The summed E-state index contributed by atoms with van der Waals surface area (Å²) in [4.78, 5) is 2.55. The summed E-state index contributed by atoms with van der Waals surface area (Å²) in [5.41, 5.74) is 12.6. The largest absolute Gasteiger partial charge is 0.458 e. The molecule has 0 aliphatic carbocycles. The van der Waals surface area contributed by atoms with E-state index in [1.54, 1.807) is 0 Å². The maximum atomic E-state index is 6.60. The van der Waals surface area contributed by atoms with Gasteiger partial charge in [-0.2, -0.15) is 0 Å². The van der Waals surface area contributed by atoms with E-state index in [2.05, 4.69) is 126 Å². The zero-order valence-electron chi connectivity index (χ0n) is 21.4. The second-order valence-corrected chi connectivity index (χ2v) is 11.9. The summed E-state index contributed by atoms with van der Waals surface area (Å²) < 4.78 is 9.28. The van der Waals surface area contributed by atoms with Crippen LogP contribution in [0.15, 0.2) is 121 Å². The predicted molar refractivity (Wildman–Crippen MR) is 169 cm³/mol. The lowest BCUT2D eigenvalue weighted by molar-refractivity contribution is 0.487. The summed E-state index contributed by atoms with van der Waals surface area (Å²) in [6, 6.07) is 44.3. The maximum absolute atomic E-state index is 6.60. The first kappa shape index (κ1) is 21.1. The Bertz CT molecular complexity index is 2230. The fraction of sp³-hybridized carbons (Fsp3) is 0. The minimum Gasteiger partial charge on any atom is -0.458 e. The third-order valence-electron chi connectivity index (χ3n) is 8.87. The highest BCUT2D eigenvalue weighted by atomic mass is 32.1. The van der Waals surface area contributed by atoms with Crippen molar-refractivity contribution in [1.29, 1.82) is 0 Å². The molecule has 4 heteroatoms. The van der Waals surface area contributed by atoms with Crippen molar-refractivity contribution in [2.45, 2.75) is 0 Å². The lowest BCUT2D eigenvalue weighted by atomic mass is 9.42. The zero-order chi connectivity index (χ0) is 25.9. The predicted octanol–water partition coefficient (Wildman–Crippen LogP) is 8.73. The average molecular weight is 525 g/mol. The molecular weight excluding hydrogens is 505 g/mol. The Morgan fingerprint density at radius 2 is 1.18 bits per heavy atom. The molecule has 0 saturated carbocycles. The highest BCUT2D eigenvalue weighted by Crippen LogP contribution is 2.50. The van der Waals surface area contributed by atoms with E-state index in [9.17, 15) is 0 Å². The van der Waals surface area contributed by atoms with Gasteiger partial charge in [-0.15, -0.1) is 11.3 Å². The third kappa shape index (κ3) is 2.55. The van der Waals surface area contributed by atoms with Crippen LogP contribution in [-0.4, -0.2) is 6.85 Å². The molecule has 2 nitrogen and oxygen atoms in total. The van der Waals surface area contributed by atoms with Crippen molar-refractivity contribution in [2.24, 2.45) is 0 Å². The van der Waals surface area contributed by atoms with Crippen LogP contribution in [0.1, 0.15) is 0 Å². The molecule has 0 bridgehead atoms. The highest BCUT2D eigenvalue weighted by molar-refractivity contribution is 7.26. The second-order valence-electron chi connectivity index (χ2n) is 10.8. The summed E-state index contributed by atoms with van der Waals surface area (Å²) in [7, 11) is 0. The summed E-state index contributed by atoms with van der Waals surface area (Å²) >= 11 is 1.89. The molecule has 6 aromatic carbocycles. The van der Waals surface area contributed by atoms with Gasteiger partial charge in [-0.1, -0.05) is 84.9 Å². The van der Waals surface area contributed by atoms with Crippen LogP contribution in [0.4, 0.5) is 11.4 Å². The van der Waals surface area contributed by atoms with Gasteiger partial charge in [-0.05, 0) is 58.7 Å². The zero-order valence-corrected chi connectivity index (χ0v) is 22.2. The van der Waals surface area contributed by atoms with Crippen LogP contribution in [0.3, 0.4) is 0 Å². The molecule has 0 spiro atoms. The van der Waals surface area contributed by atoms with E-state index >= 15 is 0 Å². The van der Waals surface area contributed by atoms with Crippen LogP contribution in [-0.2, 0) is 0 Å². The van der Waals surface area contributed by atoms with Crippen molar-refractivity contribution in [3.63, 3.8) is 0 Å². The van der Waals surface area contributed by atoms with Crippen molar-refractivity contribution in [3.8, 4) is 44.9 Å². The molecule has 40 heavy (non-hydrogen) atoms. The number of rotatable bonds is 1. The van der Waals surface area contributed by atoms with E-state index in [1.165, 1.54) is 75.9 Å². The van der Waals surface area contributed by atoms with Crippen molar-refractivity contribution >= 4 is 60.7 Å². The number of thiophene rings is 1. The molecule has 1 aromatic heterocycles. The van der Waals surface area contributed by atoms with Crippen LogP contribution in [0, 0.1) is 0 Å². The van der Waals surface area contributed by atoms with Gasteiger partial charge in [-0.25, -0.2) is 0 Å². The van der Waals surface area contributed by atoms with Gasteiger partial charge in [0.2, 0.25) is 0 Å². The monoisotopic (exact) mass is 525 g/mol. The van der Waals surface area contributed by atoms with Gasteiger partial charge >= 0.3 is 6.85 Å². The summed E-state index contributed by atoms with van der Waals surface area (Å²) in [6.07, 6.45) is 0. The number of benzene rings is 6. The van der Waals surface area contributed by atoms with Gasteiger partial charge in [0, 0.05) is 53.6 Å². The normalized spacial score (nSPS) is 13.6. The minimum atomic E-state index is 0.0884. The Morgan fingerprint density at radius 3 is 2.05 bits per heavy atom. The van der Waals surface area contributed by atoms with Crippen molar-refractivity contribution in [2.75, 3.05) is 4.81 Å². The first-order valence-electron chi connectivity index (χ1n) is 13.7. The summed E-state index contributed by atoms with van der Waals surface area (Å²) in [6.45, 7) is 0.0884. The first-order chi connectivity index (χ1) is 19.8. The molecule has 0 atom stereocenters. The number of hydrogen-bond acceptors (Lipinski definition) is 3. The molecule has 0 fully saturated rings. The van der Waals surface area contributed by atoms with E-state index in [0.717, 1.165) is 11.5 Å². The molecule has 0 unspecified atom stereocenters. The van der Waals surface area contributed by atoms with Gasteiger partial charge in [0.15, 0.2) is 0 Å². The number of para-hydroxylation sites is 1. The lowest BCUT2D eigenvalue weighted by Gasteiger charge is -2.46. The molecule has 0 saturated heterocycles. The molecule has 10 rings (SSSR count). The van der Waals surface area contributed by atoms with Gasteiger partial charge in [-0.3, -0.25) is 0 Å². The Labute approximate surface area is 235 Å². The molecule has 0 radical (unpaired) electrons. The van der Waals surface area contributed by atoms with E-state index in [-0.39, 0.29) is 6.85 Å². The highest BCUT2D eigenvalue weighted by Gasteiger charge is 2.47. The first-order valence-corrected chi connectivity index (χ1v) is 14.5. The number of hydrogen-bond donors (Lipinski definition) is 0.